The Balaban J connectivity index is 0. The van der Waals surface area contributed by atoms with Crippen molar-refractivity contribution in [3.05, 3.63) is 33.8 Å². The number of ether oxygens (including phenoxy) is 1. The SMILES string of the molecule is CC.CCc1cc(Cl)cc(Cl)c1.COC. The quantitative estimate of drug-likeness (QED) is 0.693. The van der Waals surface area contributed by atoms with E-state index in [2.05, 4.69) is 11.7 Å². The lowest BCUT2D eigenvalue weighted by atomic mass is 10.2. The van der Waals surface area contributed by atoms with Gasteiger partial charge in [0.15, 0.2) is 0 Å². The predicted molar refractivity (Wildman–Crippen MR) is 70.1 cm³/mol. The predicted octanol–water partition coefficient (Wildman–Crippen LogP) is 4.84. The van der Waals surface area contributed by atoms with E-state index in [0.29, 0.717) is 10.0 Å². The van der Waals surface area contributed by atoms with Gasteiger partial charge >= 0.3 is 0 Å². The third-order valence-electron chi connectivity index (χ3n) is 1.33. The summed E-state index contributed by atoms with van der Waals surface area (Å²) in [5.41, 5.74) is 1.18. The minimum Gasteiger partial charge on any atom is -0.388 e. The maximum Gasteiger partial charge on any atom is 0.0423 e. The number of aryl methyl sites for hydroxylation is 1. The van der Waals surface area contributed by atoms with E-state index in [1.807, 2.05) is 26.0 Å². The number of methoxy groups -OCH3 is 1. The van der Waals surface area contributed by atoms with Crippen LogP contribution in [0.4, 0.5) is 0 Å². The number of hydrogen-bond donors (Lipinski definition) is 0. The standard InChI is InChI=1S/C8H8Cl2.C2H6O.C2H6/c1-2-6-3-7(9)5-8(10)4-6;1-3-2;1-2/h3-5H,2H2,1H3;1-2H3;1-2H3. The van der Waals surface area contributed by atoms with Crippen molar-refractivity contribution in [2.45, 2.75) is 27.2 Å². The van der Waals surface area contributed by atoms with Gasteiger partial charge in [0.25, 0.3) is 0 Å². The second-order valence-electron chi connectivity index (χ2n) is 2.54. The van der Waals surface area contributed by atoms with Crippen LogP contribution in [0.1, 0.15) is 26.3 Å². The Kier molecular flexibility index (Phi) is 13.5. The Labute approximate surface area is 103 Å². The van der Waals surface area contributed by atoms with Gasteiger partial charge in [0, 0.05) is 24.3 Å². The Bertz CT molecular complexity index is 229. The molecule has 0 radical (unpaired) electrons. The van der Waals surface area contributed by atoms with E-state index in [9.17, 15) is 0 Å². The van der Waals surface area contributed by atoms with Gasteiger partial charge in [-0.15, -0.1) is 0 Å². The van der Waals surface area contributed by atoms with E-state index in [-0.39, 0.29) is 0 Å². The Morgan fingerprint density at radius 2 is 1.33 bits per heavy atom. The molecule has 1 aromatic carbocycles. The van der Waals surface area contributed by atoms with Crippen molar-refractivity contribution in [2.75, 3.05) is 14.2 Å². The van der Waals surface area contributed by atoms with Gasteiger partial charge in [0.05, 0.1) is 0 Å². The van der Waals surface area contributed by atoms with Crippen LogP contribution in [-0.4, -0.2) is 14.2 Å². The van der Waals surface area contributed by atoms with Crippen LogP contribution in [0.15, 0.2) is 18.2 Å². The molecule has 0 aliphatic carbocycles. The molecule has 0 fully saturated rings. The molecule has 0 spiro atoms. The van der Waals surface area contributed by atoms with Gasteiger partial charge in [-0.05, 0) is 30.2 Å². The van der Waals surface area contributed by atoms with E-state index in [0.717, 1.165) is 6.42 Å². The van der Waals surface area contributed by atoms with Gasteiger partial charge in [-0.25, -0.2) is 0 Å². The number of halogens is 2. The first-order valence-electron chi connectivity index (χ1n) is 4.99. The molecule has 1 aromatic rings. The maximum atomic E-state index is 5.74. The molecule has 88 valence electrons. The summed E-state index contributed by atoms with van der Waals surface area (Å²) in [6.45, 7) is 6.07. The van der Waals surface area contributed by atoms with Crippen molar-refractivity contribution in [2.24, 2.45) is 0 Å². The van der Waals surface area contributed by atoms with Crippen molar-refractivity contribution < 1.29 is 4.74 Å². The fourth-order valence-corrected chi connectivity index (χ4v) is 1.39. The van der Waals surface area contributed by atoms with E-state index in [1.165, 1.54) is 5.56 Å². The monoisotopic (exact) mass is 250 g/mol. The second-order valence-corrected chi connectivity index (χ2v) is 3.41. The smallest absolute Gasteiger partial charge is 0.0423 e. The average Bonchev–Trinajstić information content (AvgIpc) is 2.20. The molecule has 0 saturated carbocycles. The normalized spacial score (nSPS) is 8.20. The summed E-state index contributed by atoms with van der Waals surface area (Å²) >= 11 is 11.5. The first-order valence-corrected chi connectivity index (χ1v) is 5.74. The van der Waals surface area contributed by atoms with Crippen molar-refractivity contribution in [3.8, 4) is 0 Å². The summed E-state index contributed by atoms with van der Waals surface area (Å²) in [7, 11) is 3.25. The molecule has 0 aromatic heterocycles. The van der Waals surface area contributed by atoms with Crippen LogP contribution < -0.4 is 0 Å². The highest BCUT2D eigenvalue weighted by molar-refractivity contribution is 6.34. The van der Waals surface area contributed by atoms with Crippen LogP contribution >= 0.6 is 23.2 Å². The van der Waals surface area contributed by atoms with Gasteiger partial charge in [0.1, 0.15) is 0 Å². The molecule has 0 heterocycles. The molecule has 0 aliphatic heterocycles. The lowest BCUT2D eigenvalue weighted by Crippen LogP contribution is -1.78. The van der Waals surface area contributed by atoms with Gasteiger partial charge in [0.2, 0.25) is 0 Å². The number of hydrogen-bond acceptors (Lipinski definition) is 1. The van der Waals surface area contributed by atoms with Crippen LogP contribution in [0.25, 0.3) is 0 Å². The third-order valence-corrected chi connectivity index (χ3v) is 1.77. The molecule has 0 saturated heterocycles. The highest BCUT2D eigenvalue weighted by Gasteiger charge is 1.94. The zero-order valence-electron chi connectivity index (χ0n) is 10.1. The van der Waals surface area contributed by atoms with Crippen LogP contribution in [-0.2, 0) is 11.2 Å². The van der Waals surface area contributed by atoms with E-state index >= 15 is 0 Å². The molecule has 3 heteroatoms. The Morgan fingerprint density at radius 1 is 1.00 bits per heavy atom. The highest BCUT2D eigenvalue weighted by atomic mass is 35.5. The summed E-state index contributed by atoms with van der Waals surface area (Å²) in [5, 5.41) is 1.42. The third kappa shape index (κ3) is 10.1. The molecule has 0 bridgehead atoms. The van der Waals surface area contributed by atoms with E-state index in [1.54, 1.807) is 20.3 Å². The summed E-state index contributed by atoms with van der Waals surface area (Å²) in [6.07, 6.45) is 0.972. The molecule has 1 rings (SSSR count). The fraction of sp³-hybridized carbons (Fsp3) is 0.500. The molecular formula is C12H20Cl2O. The lowest BCUT2D eigenvalue weighted by molar-refractivity contribution is 0.277. The number of rotatable bonds is 1. The molecular weight excluding hydrogens is 231 g/mol. The largest absolute Gasteiger partial charge is 0.388 e. The van der Waals surface area contributed by atoms with Gasteiger partial charge in [-0.1, -0.05) is 44.0 Å². The van der Waals surface area contributed by atoms with E-state index < -0.39 is 0 Å². The van der Waals surface area contributed by atoms with Gasteiger partial charge in [-0.2, -0.15) is 0 Å². The van der Waals surface area contributed by atoms with E-state index in [4.69, 9.17) is 23.2 Å². The minimum absolute atomic E-state index is 0.712. The summed E-state index contributed by atoms with van der Waals surface area (Å²) in [4.78, 5) is 0. The van der Waals surface area contributed by atoms with Gasteiger partial charge < -0.3 is 4.74 Å². The molecule has 1 nitrogen and oxygen atoms in total. The fourth-order valence-electron chi connectivity index (χ4n) is 0.815. The van der Waals surface area contributed by atoms with Gasteiger partial charge in [-0.3, -0.25) is 0 Å². The lowest BCUT2D eigenvalue weighted by Gasteiger charge is -1.97. The van der Waals surface area contributed by atoms with Crippen molar-refractivity contribution in [3.63, 3.8) is 0 Å². The molecule has 0 aliphatic rings. The Hall–Kier alpha value is -0.240. The topological polar surface area (TPSA) is 9.23 Å². The van der Waals surface area contributed by atoms with Crippen molar-refractivity contribution >= 4 is 23.2 Å². The zero-order valence-corrected chi connectivity index (χ0v) is 11.6. The summed E-state index contributed by atoms with van der Waals surface area (Å²) in [5.74, 6) is 0. The molecule has 0 atom stereocenters. The van der Waals surface area contributed by atoms with Crippen molar-refractivity contribution in [1.82, 2.24) is 0 Å². The molecule has 15 heavy (non-hydrogen) atoms. The van der Waals surface area contributed by atoms with Crippen molar-refractivity contribution in [1.29, 1.82) is 0 Å². The highest BCUT2D eigenvalue weighted by Crippen LogP contribution is 2.18. The summed E-state index contributed by atoms with van der Waals surface area (Å²) < 4.78 is 4.25. The summed E-state index contributed by atoms with van der Waals surface area (Å²) in [6, 6.07) is 5.59. The van der Waals surface area contributed by atoms with Crippen LogP contribution in [0.5, 0.6) is 0 Å². The minimum atomic E-state index is 0.712. The number of benzene rings is 1. The first-order chi connectivity index (χ1) is 7.13. The van der Waals surface area contributed by atoms with Crippen LogP contribution in [0.3, 0.4) is 0 Å². The average molecular weight is 251 g/mol. The molecule has 0 amide bonds. The second kappa shape index (κ2) is 11.8. The molecule has 0 unspecified atom stereocenters. The van der Waals surface area contributed by atoms with Crippen LogP contribution in [0, 0.1) is 0 Å². The maximum absolute atomic E-state index is 5.74. The molecule has 0 N–H and O–H groups in total. The first kappa shape index (κ1) is 17.2. The Morgan fingerprint density at radius 3 is 1.60 bits per heavy atom. The van der Waals surface area contributed by atoms with Crippen LogP contribution in [0.2, 0.25) is 10.0 Å². The zero-order chi connectivity index (χ0) is 12.3.